The number of halogens is 4. The average molecular weight is 367 g/mol. The Labute approximate surface area is 128 Å². The van der Waals surface area contributed by atoms with Crippen LogP contribution in [0.4, 0.5) is 18.9 Å². The van der Waals surface area contributed by atoms with Gasteiger partial charge in [-0.1, -0.05) is 15.9 Å². The molecule has 0 saturated carbocycles. The Bertz CT molecular complexity index is 543. The minimum atomic E-state index is -4.57. The molecule has 8 heteroatoms. The summed E-state index contributed by atoms with van der Waals surface area (Å²) in [7, 11) is 0. The number of benzene rings is 1. The molecule has 1 heterocycles. The highest BCUT2D eigenvalue weighted by Crippen LogP contribution is 2.37. The van der Waals surface area contributed by atoms with E-state index < -0.39 is 23.2 Å². The minimum absolute atomic E-state index is 0.275. The fraction of sp³-hybridized carbons (Fsp3) is 0.462. The van der Waals surface area contributed by atoms with E-state index >= 15 is 0 Å². The average Bonchev–Trinajstić information content (AvgIpc) is 2.40. The van der Waals surface area contributed by atoms with Crippen molar-refractivity contribution in [3.8, 4) is 0 Å². The van der Waals surface area contributed by atoms with Gasteiger partial charge < -0.3 is 15.8 Å². The van der Waals surface area contributed by atoms with Crippen LogP contribution in [-0.4, -0.2) is 24.7 Å². The molecule has 1 aliphatic heterocycles. The van der Waals surface area contributed by atoms with E-state index in [-0.39, 0.29) is 23.0 Å². The summed E-state index contributed by atoms with van der Waals surface area (Å²) in [5.41, 5.74) is 3.54. The molecule has 0 spiro atoms. The van der Waals surface area contributed by atoms with Gasteiger partial charge in [-0.05, 0) is 31.0 Å². The molecule has 0 atom stereocenters. The van der Waals surface area contributed by atoms with E-state index in [0.717, 1.165) is 6.07 Å². The van der Waals surface area contributed by atoms with E-state index in [0.29, 0.717) is 13.2 Å². The van der Waals surface area contributed by atoms with Gasteiger partial charge in [-0.15, -0.1) is 0 Å². The van der Waals surface area contributed by atoms with Crippen LogP contribution in [0, 0.1) is 0 Å². The van der Waals surface area contributed by atoms with Crippen LogP contribution in [0.3, 0.4) is 0 Å². The smallest absolute Gasteiger partial charge is 0.381 e. The maximum Gasteiger partial charge on any atom is 0.418 e. The third-order valence-electron chi connectivity index (χ3n) is 3.37. The Hall–Kier alpha value is -1.12. The summed E-state index contributed by atoms with van der Waals surface area (Å²) in [5.74, 6) is -0.626. The highest BCUT2D eigenvalue weighted by molar-refractivity contribution is 9.10. The van der Waals surface area contributed by atoms with Gasteiger partial charge in [0.25, 0.3) is 0 Å². The molecule has 1 fully saturated rings. The summed E-state index contributed by atoms with van der Waals surface area (Å²) in [4.78, 5) is 12.2. The number of nitrogens with one attached hydrogen (secondary N) is 1. The Morgan fingerprint density at radius 3 is 2.52 bits per heavy atom. The molecule has 0 aromatic heterocycles. The van der Waals surface area contributed by atoms with Crippen LogP contribution >= 0.6 is 15.9 Å². The molecule has 116 valence electrons. The molecule has 0 aliphatic carbocycles. The van der Waals surface area contributed by atoms with E-state index in [1.165, 1.54) is 12.1 Å². The van der Waals surface area contributed by atoms with Gasteiger partial charge in [-0.2, -0.15) is 13.2 Å². The summed E-state index contributed by atoms with van der Waals surface area (Å²) in [6.45, 7) is 0.632. The van der Waals surface area contributed by atoms with Crippen LogP contribution < -0.4 is 11.1 Å². The number of carbonyl (C=O) groups is 1. The molecule has 2 rings (SSSR count). The van der Waals surface area contributed by atoms with E-state index in [9.17, 15) is 18.0 Å². The lowest BCUT2D eigenvalue weighted by molar-refractivity contribution is -0.137. The molecule has 0 radical (unpaired) electrons. The number of nitrogens with two attached hydrogens (primary N) is 1. The van der Waals surface area contributed by atoms with Crippen molar-refractivity contribution < 1.29 is 22.7 Å². The van der Waals surface area contributed by atoms with Crippen LogP contribution in [0.1, 0.15) is 18.4 Å². The van der Waals surface area contributed by atoms with Gasteiger partial charge in [0.2, 0.25) is 5.91 Å². The van der Waals surface area contributed by atoms with Gasteiger partial charge in [-0.25, -0.2) is 0 Å². The van der Waals surface area contributed by atoms with Crippen molar-refractivity contribution in [1.82, 2.24) is 0 Å². The number of anilines is 1. The predicted molar refractivity (Wildman–Crippen MR) is 74.7 cm³/mol. The third-order valence-corrected chi connectivity index (χ3v) is 3.87. The summed E-state index contributed by atoms with van der Waals surface area (Å²) < 4.78 is 44.4. The quantitative estimate of drug-likeness (QED) is 0.845. The fourth-order valence-corrected chi connectivity index (χ4v) is 2.43. The van der Waals surface area contributed by atoms with Crippen molar-refractivity contribution >= 4 is 27.5 Å². The molecule has 0 unspecified atom stereocenters. The topological polar surface area (TPSA) is 64.4 Å². The molecule has 1 aromatic rings. The second kappa shape index (κ2) is 5.94. The number of hydrogen-bond acceptors (Lipinski definition) is 3. The lowest BCUT2D eigenvalue weighted by Crippen LogP contribution is -2.54. The van der Waals surface area contributed by atoms with Crippen molar-refractivity contribution in [2.24, 2.45) is 5.73 Å². The zero-order valence-corrected chi connectivity index (χ0v) is 12.6. The maximum atomic E-state index is 13.0. The molecule has 21 heavy (non-hydrogen) atoms. The Morgan fingerprint density at radius 1 is 1.33 bits per heavy atom. The van der Waals surface area contributed by atoms with Crippen LogP contribution in [0.25, 0.3) is 0 Å². The van der Waals surface area contributed by atoms with Gasteiger partial charge in [-0.3, -0.25) is 4.79 Å². The third kappa shape index (κ3) is 3.75. The van der Waals surface area contributed by atoms with E-state index in [2.05, 4.69) is 21.2 Å². The Kier molecular flexibility index (Phi) is 4.60. The highest BCUT2D eigenvalue weighted by Gasteiger charge is 2.38. The molecule has 1 aliphatic rings. The largest absolute Gasteiger partial charge is 0.418 e. The number of rotatable bonds is 2. The fourth-order valence-electron chi connectivity index (χ4n) is 2.07. The number of amides is 1. The van der Waals surface area contributed by atoms with Gasteiger partial charge in [0, 0.05) is 17.7 Å². The number of hydrogen-bond donors (Lipinski definition) is 2. The zero-order valence-electron chi connectivity index (χ0n) is 11.0. The summed E-state index contributed by atoms with van der Waals surface area (Å²) in [6, 6.07) is 3.55. The first-order chi connectivity index (χ1) is 9.72. The summed E-state index contributed by atoms with van der Waals surface area (Å²) in [5, 5.41) is 2.29. The highest BCUT2D eigenvalue weighted by atomic mass is 79.9. The number of alkyl halides is 3. The lowest BCUT2D eigenvalue weighted by Gasteiger charge is -2.32. The van der Waals surface area contributed by atoms with Crippen LogP contribution in [0.5, 0.6) is 0 Å². The van der Waals surface area contributed by atoms with Crippen LogP contribution in [-0.2, 0) is 15.7 Å². The molecule has 4 nitrogen and oxygen atoms in total. The summed E-state index contributed by atoms with van der Waals surface area (Å²) in [6.07, 6.45) is -4.02. The van der Waals surface area contributed by atoms with E-state index in [1.54, 1.807) is 0 Å². The van der Waals surface area contributed by atoms with Crippen molar-refractivity contribution in [3.05, 3.63) is 28.2 Å². The van der Waals surface area contributed by atoms with Crippen molar-refractivity contribution in [2.45, 2.75) is 24.6 Å². The van der Waals surface area contributed by atoms with Crippen molar-refractivity contribution in [3.63, 3.8) is 0 Å². The van der Waals surface area contributed by atoms with E-state index in [4.69, 9.17) is 10.5 Å². The summed E-state index contributed by atoms with van der Waals surface area (Å²) >= 11 is 2.99. The van der Waals surface area contributed by atoms with Gasteiger partial charge in [0.05, 0.1) is 11.3 Å². The zero-order chi connectivity index (χ0) is 15.7. The Morgan fingerprint density at radius 2 is 1.95 bits per heavy atom. The SMILES string of the molecule is NC1(C(=O)Nc2ccc(Br)cc2C(F)(F)F)CCOCC1. The molecule has 1 amide bonds. The standard InChI is InChI=1S/C13H14BrF3N2O2/c14-8-1-2-10(9(7-8)13(15,16)17)19-11(20)12(18)3-5-21-6-4-12/h1-2,7H,3-6,18H2,(H,19,20). The van der Waals surface area contributed by atoms with E-state index in [1.807, 2.05) is 0 Å². The molecule has 1 aromatic carbocycles. The van der Waals surface area contributed by atoms with Gasteiger partial charge in [0.15, 0.2) is 0 Å². The Balaban J connectivity index is 2.25. The van der Waals surface area contributed by atoms with Crippen molar-refractivity contribution in [1.29, 1.82) is 0 Å². The first-order valence-electron chi connectivity index (χ1n) is 6.27. The molecular weight excluding hydrogens is 353 g/mol. The molecule has 0 bridgehead atoms. The molecule has 3 N–H and O–H groups in total. The van der Waals surface area contributed by atoms with Gasteiger partial charge in [0.1, 0.15) is 5.54 Å². The number of carbonyl (C=O) groups excluding carboxylic acids is 1. The van der Waals surface area contributed by atoms with Gasteiger partial charge >= 0.3 is 6.18 Å². The second-order valence-electron chi connectivity index (χ2n) is 4.91. The van der Waals surface area contributed by atoms with Crippen molar-refractivity contribution in [2.75, 3.05) is 18.5 Å². The first-order valence-corrected chi connectivity index (χ1v) is 7.06. The normalized spacial score (nSPS) is 18.3. The second-order valence-corrected chi connectivity index (χ2v) is 5.83. The maximum absolute atomic E-state index is 13.0. The van der Waals surface area contributed by atoms with Crippen LogP contribution in [0.2, 0.25) is 0 Å². The molecule has 1 saturated heterocycles. The predicted octanol–water partition coefficient (Wildman–Crippen LogP) is 2.91. The monoisotopic (exact) mass is 366 g/mol. The van der Waals surface area contributed by atoms with Crippen LogP contribution in [0.15, 0.2) is 22.7 Å². The molecular formula is C13H14BrF3N2O2. The minimum Gasteiger partial charge on any atom is -0.381 e. The first kappa shape index (κ1) is 16.3. The lowest BCUT2D eigenvalue weighted by atomic mass is 9.90. The number of ether oxygens (including phenoxy) is 1.